The van der Waals surface area contributed by atoms with Crippen molar-refractivity contribution in [2.45, 2.75) is 0 Å². The summed E-state index contributed by atoms with van der Waals surface area (Å²) in [6.07, 6.45) is 3.51. The molecule has 1 aromatic carbocycles. The molecule has 0 fully saturated rings. The van der Waals surface area contributed by atoms with Crippen molar-refractivity contribution in [1.82, 2.24) is 0 Å². The van der Waals surface area contributed by atoms with Gasteiger partial charge < -0.3 is 5.11 Å². The summed E-state index contributed by atoms with van der Waals surface area (Å²) in [6, 6.07) is 7.10. The lowest BCUT2D eigenvalue weighted by Crippen LogP contribution is -1.79. The topological polar surface area (TPSA) is 32.6 Å². The Morgan fingerprint density at radius 1 is 1.45 bits per heavy atom. The molecule has 2 nitrogen and oxygen atoms in total. The predicted octanol–water partition coefficient (Wildman–Crippen LogP) is 2.09. The number of nitrogens with zero attached hydrogens (tertiary/aromatic N) is 1. The summed E-state index contributed by atoms with van der Waals surface area (Å²) in [5, 5.41) is 9.24. The number of hydrogen-bond acceptors (Lipinski definition) is 3. The molecule has 0 bridgehead atoms. The maximum atomic E-state index is 9.24. The quantitative estimate of drug-likeness (QED) is 0.540. The Hall–Kier alpha value is -0.960. The zero-order valence-electron chi connectivity index (χ0n) is 6.19. The van der Waals surface area contributed by atoms with E-state index in [1.54, 1.807) is 18.3 Å². The lowest BCUT2D eigenvalue weighted by molar-refractivity contribution is 0.474. The average Bonchev–Trinajstić information content (AvgIpc) is 2.03. The van der Waals surface area contributed by atoms with Crippen LogP contribution in [0, 0.1) is 0 Å². The summed E-state index contributed by atoms with van der Waals surface area (Å²) in [5.41, 5.74) is 0.752. The Morgan fingerprint density at radius 3 is 2.82 bits per heavy atom. The van der Waals surface area contributed by atoms with E-state index in [2.05, 4.69) is 4.40 Å². The molecule has 58 valence electrons. The van der Waals surface area contributed by atoms with E-state index in [-0.39, 0.29) is 5.75 Å². The molecule has 0 amide bonds. The number of phenols is 1. The third-order valence-corrected chi connectivity index (χ3v) is 1.55. The van der Waals surface area contributed by atoms with Gasteiger partial charge in [0.25, 0.3) is 0 Å². The van der Waals surface area contributed by atoms with Crippen LogP contribution in [0.4, 0.5) is 0 Å². The van der Waals surface area contributed by atoms with Gasteiger partial charge in [0.15, 0.2) is 0 Å². The second-order valence-corrected chi connectivity index (χ2v) is 2.55. The number of rotatable bonds is 2. The Morgan fingerprint density at radius 2 is 2.18 bits per heavy atom. The van der Waals surface area contributed by atoms with E-state index >= 15 is 0 Å². The van der Waals surface area contributed by atoms with Crippen LogP contribution in [0.3, 0.4) is 0 Å². The van der Waals surface area contributed by atoms with Crippen molar-refractivity contribution in [3.8, 4) is 5.75 Å². The maximum Gasteiger partial charge on any atom is 0.124 e. The van der Waals surface area contributed by atoms with E-state index < -0.39 is 0 Å². The van der Waals surface area contributed by atoms with Crippen LogP contribution >= 0.6 is 11.9 Å². The van der Waals surface area contributed by atoms with Crippen LogP contribution in [0.5, 0.6) is 5.75 Å². The smallest absolute Gasteiger partial charge is 0.124 e. The molecule has 0 saturated carbocycles. The first kappa shape index (κ1) is 8.14. The SMILES string of the molecule is CS/N=C/c1ccccc1O. The zero-order valence-corrected chi connectivity index (χ0v) is 7.01. The summed E-state index contributed by atoms with van der Waals surface area (Å²) in [5.74, 6) is 0.269. The van der Waals surface area contributed by atoms with Crippen LogP contribution in [0.1, 0.15) is 5.56 Å². The second-order valence-electron chi connectivity index (χ2n) is 1.98. The highest BCUT2D eigenvalue weighted by molar-refractivity contribution is 7.97. The number of aromatic hydroxyl groups is 1. The Balaban J connectivity index is 2.86. The van der Waals surface area contributed by atoms with Gasteiger partial charge in [0.1, 0.15) is 5.75 Å². The van der Waals surface area contributed by atoms with Crippen LogP contribution in [-0.4, -0.2) is 17.6 Å². The van der Waals surface area contributed by atoms with Crippen LogP contribution in [0.2, 0.25) is 0 Å². The molecule has 0 heterocycles. The highest BCUT2D eigenvalue weighted by Crippen LogP contribution is 2.13. The van der Waals surface area contributed by atoms with Crippen molar-refractivity contribution in [2.75, 3.05) is 6.26 Å². The molecule has 0 aliphatic rings. The minimum Gasteiger partial charge on any atom is -0.507 e. The molecule has 0 radical (unpaired) electrons. The highest BCUT2D eigenvalue weighted by Gasteiger charge is 1.92. The van der Waals surface area contributed by atoms with Crippen molar-refractivity contribution in [3.05, 3.63) is 29.8 Å². The van der Waals surface area contributed by atoms with Gasteiger partial charge in [0.2, 0.25) is 0 Å². The first-order valence-electron chi connectivity index (χ1n) is 3.19. The Kier molecular flexibility index (Phi) is 2.98. The first-order chi connectivity index (χ1) is 5.34. The normalized spacial score (nSPS) is 10.6. The summed E-state index contributed by atoms with van der Waals surface area (Å²) in [6.45, 7) is 0. The van der Waals surface area contributed by atoms with Gasteiger partial charge in [0.05, 0.1) is 0 Å². The van der Waals surface area contributed by atoms with E-state index in [9.17, 15) is 5.11 Å². The predicted molar refractivity (Wildman–Crippen MR) is 49.2 cm³/mol. The fourth-order valence-electron chi connectivity index (χ4n) is 0.706. The monoisotopic (exact) mass is 167 g/mol. The van der Waals surface area contributed by atoms with E-state index in [0.29, 0.717) is 0 Å². The lowest BCUT2D eigenvalue weighted by Gasteiger charge is -1.94. The number of hydrogen-bond donors (Lipinski definition) is 1. The highest BCUT2D eigenvalue weighted by atomic mass is 32.2. The largest absolute Gasteiger partial charge is 0.507 e. The van der Waals surface area contributed by atoms with E-state index in [0.717, 1.165) is 5.56 Å². The van der Waals surface area contributed by atoms with Gasteiger partial charge in [-0.1, -0.05) is 12.1 Å². The van der Waals surface area contributed by atoms with Gasteiger partial charge in [-0.05, 0) is 24.1 Å². The van der Waals surface area contributed by atoms with Crippen molar-refractivity contribution in [1.29, 1.82) is 0 Å². The van der Waals surface area contributed by atoms with Gasteiger partial charge in [-0.25, -0.2) is 4.40 Å². The summed E-state index contributed by atoms with van der Waals surface area (Å²) < 4.78 is 3.93. The molecule has 1 aromatic rings. The molecule has 0 atom stereocenters. The molecule has 11 heavy (non-hydrogen) atoms. The van der Waals surface area contributed by atoms with Crippen LogP contribution in [0.15, 0.2) is 28.7 Å². The third-order valence-electron chi connectivity index (χ3n) is 1.23. The Labute approximate surface area is 70.1 Å². The standard InChI is InChI=1S/C8H9NOS/c1-11-9-6-7-4-2-3-5-8(7)10/h2-6,10H,1H3/b9-6+. The number of phenolic OH excluding ortho intramolecular Hbond substituents is 1. The molecule has 3 heteroatoms. The van der Waals surface area contributed by atoms with Crippen molar-refractivity contribution in [2.24, 2.45) is 4.40 Å². The van der Waals surface area contributed by atoms with Crippen LogP contribution in [-0.2, 0) is 0 Å². The van der Waals surface area contributed by atoms with E-state index in [1.165, 1.54) is 11.9 Å². The number of benzene rings is 1. The van der Waals surface area contributed by atoms with Gasteiger partial charge in [-0.2, -0.15) is 0 Å². The molecule has 0 spiro atoms. The summed E-state index contributed by atoms with van der Waals surface area (Å²) in [4.78, 5) is 0. The van der Waals surface area contributed by atoms with Gasteiger partial charge in [-0.15, -0.1) is 0 Å². The minimum absolute atomic E-state index is 0.269. The lowest BCUT2D eigenvalue weighted by atomic mass is 10.2. The Bertz CT molecular complexity index is 260. The molecule has 0 aromatic heterocycles. The molecular formula is C8H9NOS. The number of para-hydroxylation sites is 1. The van der Waals surface area contributed by atoms with Gasteiger partial charge >= 0.3 is 0 Å². The van der Waals surface area contributed by atoms with Crippen LogP contribution < -0.4 is 0 Å². The second kappa shape index (κ2) is 4.03. The molecule has 0 aliphatic carbocycles. The van der Waals surface area contributed by atoms with Crippen molar-refractivity contribution >= 4 is 18.2 Å². The first-order valence-corrected chi connectivity index (χ1v) is 4.37. The minimum atomic E-state index is 0.269. The van der Waals surface area contributed by atoms with Crippen molar-refractivity contribution < 1.29 is 5.11 Å². The van der Waals surface area contributed by atoms with Gasteiger partial charge in [-0.3, -0.25) is 0 Å². The van der Waals surface area contributed by atoms with Crippen LogP contribution in [0.25, 0.3) is 0 Å². The molecular weight excluding hydrogens is 158 g/mol. The summed E-state index contributed by atoms with van der Waals surface area (Å²) >= 11 is 1.36. The average molecular weight is 167 g/mol. The zero-order chi connectivity index (χ0) is 8.10. The third kappa shape index (κ3) is 2.27. The maximum absolute atomic E-state index is 9.24. The van der Waals surface area contributed by atoms with E-state index in [4.69, 9.17) is 0 Å². The van der Waals surface area contributed by atoms with Gasteiger partial charge in [0, 0.05) is 18.0 Å². The molecule has 0 unspecified atom stereocenters. The molecule has 0 aliphatic heterocycles. The molecule has 0 saturated heterocycles. The van der Waals surface area contributed by atoms with Crippen molar-refractivity contribution in [3.63, 3.8) is 0 Å². The van der Waals surface area contributed by atoms with E-state index in [1.807, 2.05) is 18.4 Å². The summed E-state index contributed by atoms with van der Waals surface area (Å²) in [7, 11) is 0. The molecule has 1 N–H and O–H groups in total. The molecule has 1 rings (SSSR count). The fourth-order valence-corrected chi connectivity index (χ4v) is 0.925. The fraction of sp³-hybridized carbons (Fsp3) is 0.125.